The second-order valence-electron chi connectivity index (χ2n) is 10.3. The van der Waals surface area contributed by atoms with Crippen LogP contribution in [0.2, 0.25) is 0 Å². The Morgan fingerprint density at radius 1 is 0.864 bits per heavy atom. The van der Waals surface area contributed by atoms with Crippen LogP contribution in [0.15, 0.2) is 0 Å². The lowest BCUT2D eigenvalue weighted by Crippen LogP contribution is -2.53. The minimum atomic E-state index is 0.0662. The van der Waals surface area contributed by atoms with E-state index in [1.54, 1.807) is 6.42 Å². The SMILES string of the molecule is C[C@]12CCC3(CC3)C[C@@H]1CC[C@@H]1[C@@H]2CC[C@]2(C)C(=O)CC[C@@H]12. The van der Waals surface area contributed by atoms with Crippen molar-refractivity contribution in [1.82, 2.24) is 0 Å². The number of ketones is 1. The fourth-order valence-corrected chi connectivity index (χ4v) is 7.82. The van der Waals surface area contributed by atoms with E-state index in [-0.39, 0.29) is 5.41 Å². The Hall–Kier alpha value is -0.330. The molecule has 0 aliphatic heterocycles. The van der Waals surface area contributed by atoms with E-state index in [0.29, 0.717) is 11.2 Å². The van der Waals surface area contributed by atoms with E-state index in [1.807, 2.05) is 0 Å². The molecule has 0 amide bonds. The van der Waals surface area contributed by atoms with Crippen molar-refractivity contribution < 1.29 is 4.79 Å². The Morgan fingerprint density at radius 2 is 1.64 bits per heavy atom. The first-order valence-electron chi connectivity index (χ1n) is 10.0. The van der Waals surface area contributed by atoms with Gasteiger partial charge in [0.1, 0.15) is 5.78 Å². The molecule has 0 aromatic carbocycles. The van der Waals surface area contributed by atoms with Gasteiger partial charge in [-0.05, 0) is 98.7 Å². The Balaban J connectivity index is 1.45. The Labute approximate surface area is 135 Å². The summed E-state index contributed by atoms with van der Waals surface area (Å²) in [5.74, 6) is 4.15. The second-order valence-corrected chi connectivity index (χ2v) is 10.3. The van der Waals surface area contributed by atoms with Gasteiger partial charge >= 0.3 is 0 Å². The van der Waals surface area contributed by atoms with Crippen LogP contribution in [0, 0.1) is 39.9 Å². The molecule has 22 heavy (non-hydrogen) atoms. The summed E-state index contributed by atoms with van der Waals surface area (Å²) in [6.45, 7) is 4.97. The van der Waals surface area contributed by atoms with Gasteiger partial charge in [-0.15, -0.1) is 0 Å². The normalized spacial score (nSPS) is 55.5. The van der Waals surface area contributed by atoms with Crippen LogP contribution >= 0.6 is 0 Å². The minimum Gasteiger partial charge on any atom is -0.299 e. The summed E-state index contributed by atoms with van der Waals surface area (Å²) in [6, 6.07) is 0. The molecule has 5 aliphatic rings. The average molecular weight is 300 g/mol. The number of rotatable bonds is 0. The topological polar surface area (TPSA) is 17.1 Å². The van der Waals surface area contributed by atoms with Crippen LogP contribution in [0.4, 0.5) is 0 Å². The molecule has 122 valence electrons. The molecule has 5 fully saturated rings. The van der Waals surface area contributed by atoms with Crippen LogP contribution in [0.3, 0.4) is 0 Å². The molecule has 5 rings (SSSR count). The van der Waals surface area contributed by atoms with Crippen LogP contribution < -0.4 is 0 Å². The van der Waals surface area contributed by atoms with Gasteiger partial charge in [0.15, 0.2) is 0 Å². The molecule has 0 N–H and O–H groups in total. The fraction of sp³-hybridized carbons (Fsp3) is 0.952. The van der Waals surface area contributed by atoms with Gasteiger partial charge in [-0.1, -0.05) is 13.8 Å². The van der Waals surface area contributed by atoms with Gasteiger partial charge in [0, 0.05) is 11.8 Å². The lowest BCUT2D eigenvalue weighted by Gasteiger charge is -2.60. The smallest absolute Gasteiger partial charge is 0.139 e. The maximum atomic E-state index is 12.5. The summed E-state index contributed by atoms with van der Waals surface area (Å²) in [6.07, 6.45) is 15.2. The predicted molar refractivity (Wildman–Crippen MR) is 88.4 cm³/mol. The molecule has 1 heteroatoms. The average Bonchev–Trinajstić information content (AvgIpc) is 3.19. The summed E-state index contributed by atoms with van der Waals surface area (Å²) in [4.78, 5) is 12.5. The predicted octanol–water partition coefficient (Wildman–Crippen LogP) is 5.38. The lowest BCUT2D eigenvalue weighted by molar-refractivity contribution is -0.140. The van der Waals surface area contributed by atoms with E-state index < -0.39 is 0 Å². The van der Waals surface area contributed by atoms with E-state index in [1.165, 1.54) is 57.8 Å². The van der Waals surface area contributed by atoms with Gasteiger partial charge in [-0.3, -0.25) is 4.79 Å². The third-order valence-corrected chi connectivity index (χ3v) is 9.60. The van der Waals surface area contributed by atoms with Crippen molar-refractivity contribution in [2.75, 3.05) is 0 Å². The van der Waals surface area contributed by atoms with Gasteiger partial charge in [0.25, 0.3) is 0 Å². The first-order valence-corrected chi connectivity index (χ1v) is 10.0. The molecule has 0 saturated heterocycles. The Kier molecular flexibility index (Phi) is 2.68. The molecule has 0 unspecified atom stereocenters. The highest BCUT2D eigenvalue weighted by Crippen LogP contribution is 2.70. The minimum absolute atomic E-state index is 0.0662. The molecule has 0 aromatic rings. The highest BCUT2D eigenvalue weighted by molar-refractivity contribution is 5.87. The van der Waals surface area contributed by atoms with Crippen molar-refractivity contribution in [3.63, 3.8) is 0 Å². The summed E-state index contributed by atoms with van der Waals surface area (Å²) >= 11 is 0. The van der Waals surface area contributed by atoms with E-state index in [2.05, 4.69) is 13.8 Å². The van der Waals surface area contributed by atoms with Gasteiger partial charge in [-0.2, -0.15) is 0 Å². The maximum Gasteiger partial charge on any atom is 0.139 e. The maximum absolute atomic E-state index is 12.5. The van der Waals surface area contributed by atoms with E-state index in [9.17, 15) is 4.79 Å². The molecule has 0 bridgehead atoms. The van der Waals surface area contributed by atoms with Crippen molar-refractivity contribution in [2.45, 2.75) is 84.5 Å². The van der Waals surface area contributed by atoms with E-state index >= 15 is 0 Å². The lowest BCUT2D eigenvalue weighted by atomic mass is 9.44. The molecule has 0 radical (unpaired) electrons. The van der Waals surface area contributed by atoms with E-state index in [4.69, 9.17) is 0 Å². The summed E-state index contributed by atoms with van der Waals surface area (Å²) in [5, 5.41) is 0. The molecule has 5 saturated carbocycles. The van der Waals surface area contributed by atoms with Crippen LogP contribution in [0.25, 0.3) is 0 Å². The molecule has 6 atom stereocenters. The molecule has 0 heterocycles. The van der Waals surface area contributed by atoms with Crippen molar-refractivity contribution >= 4 is 5.78 Å². The van der Waals surface area contributed by atoms with Crippen LogP contribution in [-0.4, -0.2) is 5.78 Å². The van der Waals surface area contributed by atoms with Crippen molar-refractivity contribution in [2.24, 2.45) is 39.9 Å². The van der Waals surface area contributed by atoms with E-state index in [0.717, 1.165) is 35.5 Å². The third kappa shape index (κ3) is 1.64. The zero-order chi connectivity index (χ0) is 15.2. The Morgan fingerprint density at radius 3 is 2.41 bits per heavy atom. The third-order valence-electron chi connectivity index (χ3n) is 9.60. The van der Waals surface area contributed by atoms with Crippen LogP contribution in [0.5, 0.6) is 0 Å². The van der Waals surface area contributed by atoms with Gasteiger partial charge in [0.05, 0.1) is 0 Å². The summed E-state index contributed by atoms with van der Waals surface area (Å²) in [5.41, 5.74) is 1.49. The quantitative estimate of drug-likeness (QED) is 0.587. The Bertz CT molecular complexity index is 518. The molecular formula is C21H32O. The highest BCUT2D eigenvalue weighted by atomic mass is 16.1. The zero-order valence-corrected chi connectivity index (χ0v) is 14.5. The number of carbonyl (C=O) groups excluding carboxylic acids is 1. The molecule has 5 aliphatic carbocycles. The number of fused-ring (bicyclic) bond motifs is 5. The van der Waals surface area contributed by atoms with Gasteiger partial charge in [-0.25, -0.2) is 0 Å². The molecule has 1 nitrogen and oxygen atoms in total. The summed E-state index contributed by atoms with van der Waals surface area (Å²) < 4.78 is 0. The van der Waals surface area contributed by atoms with Crippen LogP contribution in [0.1, 0.15) is 84.5 Å². The molecule has 0 aromatic heterocycles. The monoisotopic (exact) mass is 300 g/mol. The molecule has 1 spiro atoms. The van der Waals surface area contributed by atoms with Crippen LogP contribution in [-0.2, 0) is 4.79 Å². The summed E-state index contributed by atoms with van der Waals surface area (Å²) in [7, 11) is 0. The highest BCUT2D eigenvalue weighted by Gasteiger charge is 2.62. The number of hydrogen-bond acceptors (Lipinski definition) is 1. The van der Waals surface area contributed by atoms with Gasteiger partial charge in [0.2, 0.25) is 0 Å². The fourth-order valence-electron chi connectivity index (χ4n) is 7.82. The van der Waals surface area contributed by atoms with Crippen molar-refractivity contribution in [1.29, 1.82) is 0 Å². The number of hydrogen-bond donors (Lipinski definition) is 0. The van der Waals surface area contributed by atoms with Crippen molar-refractivity contribution in [3.05, 3.63) is 0 Å². The largest absolute Gasteiger partial charge is 0.299 e. The van der Waals surface area contributed by atoms with Gasteiger partial charge < -0.3 is 0 Å². The standard InChI is InChI=1S/C21H32O/c1-19-9-10-21(11-12-21)13-14(19)3-4-15-16-5-6-18(22)20(16,2)8-7-17(15)19/h14-17H,3-13H2,1-2H3/t14-,15-,16-,17-,19-,20-/m0/s1. The first-order chi connectivity index (χ1) is 10.5. The zero-order valence-electron chi connectivity index (χ0n) is 14.5. The second kappa shape index (κ2) is 4.19. The van der Waals surface area contributed by atoms with Crippen molar-refractivity contribution in [3.8, 4) is 0 Å². The first kappa shape index (κ1) is 14.1. The number of Topliss-reactive ketones (excluding diaryl/α,β-unsaturated/α-hetero) is 1. The number of carbonyl (C=O) groups is 1. The molecular weight excluding hydrogens is 268 g/mol.